The van der Waals surface area contributed by atoms with Gasteiger partial charge in [0.25, 0.3) is 0 Å². The maximum Gasteiger partial charge on any atom is 0.319 e. The van der Waals surface area contributed by atoms with E-state index in [1.807, 2.05) is 0 Å². The Bertz CT molecular complexity index is 225. The summed E-state index contributed by atoms with van der Waals surface area (Å²) < 4.78 is 21.7. The van der Waals surface area contributed by atoms with Gasteiger partial charge in [-0.2, -0.15) is 0 Å². The van der Waals surface area contributed by atoms with Gasteiger partial charge in [0.2, 0.25) is 0 Å². The average Bonchev–Trinajstić information content (AvgIpc) is 2.62. The Hall–Kier alpha value is 0.150. The highest BCUT2D eigenvalue weighted by molar-refractivity contribution is 7.33. The van der Waals surface area contributed by atoms with Crippen molar-refractivity contribution in [3.8, 4) is 0 Å². The molecule has 0 aliphatic rings. The lowest BCUT2D eigenvalue weighted by molar-refractivity contribution is 0.218. The third kappa shape index (κ3) is 29.2. The van der Waals surface area contributed by atoms with Crippen LogP contribution >= 0.6 is 8.25 Å². The molecular formula is C21H47O3P. The fourth-order valence-corrected chi connectivity index (χ4v) is 3.15. The van der Waals surface area contributed by atoms with E-state index in [0.717, 1.165) is 12.8 Å². The number of rotatable bonds is 18. The van der Waals surface area contributed by atoms with Crippen molar-refractivity contribution in [2.24, 2.45) is 0 Å². The predicted octanol–water partition coefficient (Wildman–Crippen LogP) is 8.33. The highest BCUT2D eigenvalue weighted by Gasteiger charge is 1.99. The Kier molecular flexibility index (Phi) is 28.9. The summed E-state index contributed by atoms with van der Waals surface area (Å²) >= 11 is 0. The first kappa shape index (κ1) is 27.4. The van der Waals surface area contributed by atoms with Gasteiger partial charge in [0.15, 0.2) is 0 Å². The van der Waals surface area contributed by atoms with Crippen LogP contribution in [0.4, 0.5) is 0 Å². The predicted molar refractivity (Wildman–Crippen MR) is 113 cm³/mol. The average molecular weight is 379 g/mol. The van der Waals surface area contributed by atoms with Crippen molar-refractivity contribution in [1.82, 2.24) is 0 Å². The summed E-state index contributed by atoms with van der Waals surface area (Å²) in [5, 5.41) is 0. The molecule has 0 rings (SSSR count). The van der Waals surface area contributed by atoms with Crippen molar-refractivity contribution in [1.29, 1.82) is 0 Å². The summed E-state index contributed by atoms with van der Waals surface area (Å²) in [6, 6.07) is 0. The van der Waals surface area contributed by atoms with Crippen molar-refractivity contribution in [3.05, 3.63) is 0 Å². The zero-order chi connectivity index (χ0) is 19.0. The molecule has 0 heterocycles. The Labute approximate surface area is 159 Å². The Morgan fingerprint density at radius 2 is 0.760 bits per heavy atom. The van der Waals surface area contributed by atoms with Crippen LogP contribution in [-0.4, -0.2) is 13.2 Å². The fraction of sp³-hybridized carbons (Fsp3) is 1.00. The molecule has 0 radical (unpaired) electrons. The van der Waals surface area contributed by atoms with E-state index in [1.54, 1.807) is 0 Å². The van der Waals surface area contributed by atoms with Crippen LogP contribution in [0, 0.1) is 0 Å². The Morgan fingerprint density at radius 1 is 0.480 bits per heavy atom. The van der Waals surface area contributed by atoms with Crippen molar-refractivity contribution in [3.63, 3.8) is 0 Å². The van der Waals surface area contributed by atoms with E-state index in [9.17, 15) is 4.57 Å². The van der Waals surface area contributed by atoms with Crippen molar-refractivity contribution >= 4 is 8.25 Å². The molecule has 0 aliphatic carbocycles. The molecule has 4 heteroatoms. The first-order chi connectivity index (χ1) is 12.2. The van der Waals surface area contributed by atoms with Gasteiger partial charge in [-0.05, 0) is 12.8 Å². The summed E-state index contributed by atoms with van der Waals surface area (Å²) in [5.41, 5.74) is 0. The van der Waals surface area contributed by atoms with Gasteiger partial charge in [-0.3, -0.25) is 4.57 Å². The number of hydrogen-bond donors (Lipinski definition) is 0. The third-order valence-corrected chi connectivity index (χ3v) is 5.02. The van der Waals surface area contributed by atoms with E-state index >= 15 is 0 Å². The number of unbranched alkanes of at least 4 members (excludes halogenated alkanes) is 12. The summed E-state index contributed by atoms with van der Waals surface area (Å²) in [6.45, 7) is 10.0. The zero-order valence-electron chi connectivity index (χ0n) is 17.7. The van der Waals surface area contributed by atoms with Crippen LogP contribution in [-0.2, 0) is 13.6 Å². The van der Waals surface area contributed by atoms with E-state index in [0.29, 0.717) is 13.2 Å². The molecule has 0 amide bonds. The lowest BCUT2D eigenvalue weighted by atomic mass is 10.2. The molecule has 0 atom stereocenters. The Morgan fingerprint density at radius 3 is 1.08 bits per heavy atom. The maximum atomic E-state index is 11.4. The molecule has 154 valence electrons. The van der Waals surface area contributed by atoms with E-state index in [2.05, 4.69) is 27.7 Å². The molecule has 0 aromatic heterocycles. The quantitative estimate of drug-likeness (QED) is 0.178. The highest BCUT2D eigenvalue weighted by atomic mass is 31.1. The minimum atomic E-state index is -2.22. The molecule has 0 saturated heterocycles. The molecule has 0 saturated carbocycles. The van der Waals surface area contributed by atoms with Gasteiger partial charge in [-0.25, -0.2) is 0 Å². The first-order valence-electron chi connectivity index (χ1n) is 11.0. The van der Waals surface area contributed by atoms with Gasteiger partial charge in [0.05, 0.1) is 13.2 Å². The van der Waals surface area contributed by atoms with E-state index in [-0.39, 0.29) is 0 Å². The SMILES string of the molecule is CCCCCCC.CCCCCCCO[PH](=O)OCCCCCCC. The molecule has 0 bridgehead atoms. The highest BCUT2D eigenvalue weighted by Crippen LogP contribution is 2.24. The molecule has 0 fully saturated rings. The van der Waals surface area contributed by atoms with Crippen molar-refractivity contribution in [2.45, 2.75) is 124 Å². The molecule has 3 nitrogen and oxygen atoms in total. The standard InChI is InChI=1S/C14H31O3P.C7H16/c1-3-5-7-9-11-13-16-18(15)17-14-12-10-8-6-4-2;1-3-5-7-6-4-2/h18H,3-14H2,1-2H3;3-7H2,1-2H3. The van der Waals surface area contributed by atoms with Gasteiger partial charge in [0.1, 0.15) is 0 Å². The summed E-state index contributed by atoms with van der Waals surface area (Å²) in [7, 11) is -2.22. The summed E-state index contributed by atoms with van der Waals surface area (Å²) in [6.07, 6.45) is 18.9. The van der Waals surface area contributed by atoms with Gasteiger partial charge in [0, 0.05) is 0 Å². The second-order valence-electron chi connectivity index (χ2n) is 6.84. The maximum absolute atomic E-state index is 11.4. The van der Waals surface area contributed by atoms with Gasteiger partial charge in [-0.15, -0.1) is 0 Å². The third-order valence-electron chi connectivity index (χ3n) is 4.14. The summed E-state index contributed by atoms with van der Waals surface area (Å²) in [5.74, 6) is 0. The molecule has 0 aliphatic heterocycles. The second kappa shape index (κ2) is 26.4. The molecule has 0 aromatic rings. The zero-order valence-corrected chi connectivity index (χ0v) is 18.7. The van der Waals surface area contributed by atoms with Crippen LogP contribution in [0.25, 0.3) is 0 Å². The first-order valence-corrected chi connectivity index (χ1v) is 12.2. The van der Waals surface area contributed by atoms with Crippen LogP contribution < -0.4 is 0 Å². The van der Waals surface area contributed by atoms with Gasteiger partial charge < -0.3 is 9.05 Å². The monoisotopic (exact) mass is 378 g/mol. The minimum absolute atomic E-state index is 0.581. The smallest absolute Gasteiger partial charge is 0.311 e. The summed E-state index contributed by atoms with van der Waals surface area (Å²) in [4.78, 5) is 0. The van der Waals surface area contributed by atoms with E-state index in [4.69, 9.17) is 9.05 Å². The fourth-order valence-electron chi connectivity index (χ4n) is 2.44. The lowest BCUT2D eigenvalue weighted by Crippen LogP contribution is -1.92. The number of hydrogen-bond acceptors (Lipinski definition) is 3. The molecule has 0 unspecified atom stereocenters. The topological polar surface area (TPSA) is 35.5 Å². The van der Waals surface area contributed by atoms with Gasteiger partial charge in [-0.1, -0.05) is 111 Å². The van der Waals surface area contributed by atoms with Crippen LogP contribution in [0.1, 0.15) is 124 Å². The molecule has 25 heavy (non-hydrogen) atoms. The second-order valence-corrected chi connectivity index (χ2v) is 7.91. The van der Waals surface area contributed by atoms with E-state index in [1.165, 1.54) is 83.5 Å². The molecule has 0 aromatic carbocycles. The largest absolute Gasteiger partial charge is 0.319 e. The van der Waals surface area contributed by atoms with E-state index < -0.39 is 8.25 Å². The van der Waals surface area contributed by atoms with Crippen LogP contribution in [0.15, 0.2) is 0 Å². The molecule has 0 N–H and O–H groups in total. The van der Waals surface area contributed by atoms with Crippen LogP contribution in [0.3, 0.4) is 0 Å². The van der Waals surface area contributed by atoms with Crippen LogP contribution in [0.5, 0.6) is 0 Å². The minimum Gasteiger partial charge on any atom is -0.311 e. The molecule has 0 spiro atoms. The normalized spacial score (nSPS) is 10.8. The Balaban J connectivity index is 0. The van der Waals surface area contributed by atoms with Crippen molar-refractivity contribution in [2.75, 3.05) is 13.2 Å². The molecular weight excluding hydrogens is 331 g/mol. The lowest BCUT2D eigenvalue weighted by Gasteiger charge is -2.05. The van der Waals surface area contributed by atoms with Crippen molar-refractivity contribution < 1.29 is 13.6 Å². The van der Waals surface area contributed by atoms with Gasteiger partial charge >= 0.3 is 8.25 Å². The van der Waals surface area contributed by atoms with Crippen LogP contribution in [0.2, 0.25) is 0 Å².